The maximum Gasteiger partial charge on any atom is 4.00 e. The summed E-state index contributed by atoms with van der Waals surface area (Å²) in [5.41, 5.74) is 0. The Balaban J connectivity index is 0.000000403. The molecule has 2 aromatic rings. The molecule has 2 aromatic carbocycles. The van der Waals surface area contributed by atoms with E-state index in [0.29, 0.717) is 49.7 Å². The van der Waals surface area contributed by atoms with Gasteiger partial charge in [0.1, 0.15) is 0 Å². The molecule has 0 aliphatic heterocycles. The zero-order chi connectivity index (χ0) is 17.2. The van der Waals surface area contributed by atoms with Crippen molar-refractivity contribution in [3.8, 4) is 0 Å². The third kappa shape index (κ3) is 6.34. The minimum Gasteiger partial charge on any atom is -0.780 e. The van der Waals surface area contributed by atoms with E-state index in [2.05, 4.69) is 0 Å². The molecular formula is C12H2Cl6NiS4. The zero-order valence-corrected chi connectivity index (χ0v) is 19.2. The van der Waals surface area contributed by atoms with Gasteiger partial charge in [0.05, 0.1) is 10.0 Å². The molecule has 0 bridgehead atoms. The third-order valence-electron chi connectivity index (χ3n) is 2.17. The van der Waals surface area contributed by atoms with Gasteiger partial charge >= 0.3 is 16.5 Å². The van der Waals surface area contributed by atoms with Crippen molar-refractivity contribution in [2.45, 2.75) is 19.6 Å². The second-order valence-electron chi connectivity index (χ2n) is 3.62. The second kappa shape index (κ2) is 10.6. The van der Waals surface area contributed by atoms with Gasteiger partial charge in [0, 0.05) is 20.1 Å². The Hall–Kier alpha value is 1.55. The summed E-state index contributed by atoms with van der Waals surface area (Å²) in [5, 5.41) is 2.04. The van der Waals surface area contributed by atoms with Crippen molar-refractivity contribution in [2.24, 2.45) is 0 Å². The fourth-order valence-electron chi connectivity index (χ4n) is 1.11. The summed E-state index contributed by atoms with van der Waals surface area (Å²) in [6.45, 7) is 0. The molecule has 0 aliphatic carbocycles. The summed E-state index contributed by atoms with van der Waals surface area (Å²) in [7, 11) is 0. The van der Waals surface area contributed by atoms with Crippen LogP contribution in [-0.4, -0.2) is 0 Å². The van der Waals surface area contributed by atoms with E-state index in [9.17, 15) is 0 Å². The SMILES string of the molecule is [Ni+4].[S-]c1c(Cl)cc(Cl)c(Cl)c1[S-].[S-]c1c(Cl)cc(Cl)c(Cl)c1[S-]. The topological polar surface area (TPSA) is 0 Å². The third-order valence-corrected chi connectivity index (χ3v) is 6.71. The van der Waals surface area contributed by atoms with Crippen LogP contribution < -0.4 is 0 Å². The van der Waals surface area contributed by atoms with Crippen molar-refractivity contribution in [3.05, 3.63) is 42.3 Å². The molecule has 0 radical (unpaired) electrons. The van der Waals surface area contributed by atoms with Crippen LogP contribution in [0.3, 0.4) is 0 Å². The largest absolute Gasteiger partial charge is 4.00 e. The minimum absolute atomic E-state index is 0. The molecule has 0 saturated carbocycles. The molecule has 11 heteroatoms. The number of rotatable bonds is 0. The normalized spacial score (nSPS) is 9.65. The van der Waals surface area contributed by atoms with E-state index >= 15 is 0 Å². The van der Waals surface area contributed by atoms with Gasteiger partial charge in [0.2, 0.25) is 0 Å². The van der Waals surface area contributed by atoms with Crippen LogP contribution in [0, 0.1) is 0 Å². The summed E-state index contributed by atoms with van der Waals surface area (Å²) < 4.78 is 0. The van der Waals surface area contributed by atoms with Crippen molar-refractivity contribution < 1.29 is 16.5 Å². The Morgan fingerprint density at radius 3 is 1.00 bits per heavy atom. The first kappa shape index (κ1) is 24.6. The van der Waals surface area contributed by atoms with Crippen molar-refractivity contribution in [3.63, 3.8) is 0 Å². The molecule has 0 nitrogen and oxygen atoms in total. The van der Waals surface area contributed by atoms with Gasteiger partial charge in [-0.2, -0.15) is 19.6 Å². The molecule has 0 aromatic heterocycles. The van der Waals surface area contributed by atoms with E-state index in [1.54, 1.807) is 0 Å². The van der Waals surface area contributed by atoms with Crippen LogP contribution in [0.4, 0.5) is 0 Å². The van der Waals surface area contributed by atoms with Crippen LogP contribution in [0.15, 0.2) is 31.7 Å². The molecule has 0 N–H and O–H groups in total. The summed E-state index contributed by atoms with van der Waals surface area (Å²) >= 11 is 53.5. The molecule has 23 heavy (non-hydrogen) atoms. The average Bonchev–Trinajstić information content (AvgIpc) is 2.47. The Kier molecular flexibility index (Phi) is 11.4. The van der Waals surface area contributed by atoms with Crippen LogP contribution >= 0.6 is 69.6 Å². The van der Waals surface area contributed by atoms with E-state index in [-0.39, 0.29) is 16.5 Å². The second-order valence-corrected chi connectivity index (χ2v) is 7.64. The molecule has 0 atom stereocenters. The van der Waals surface area contributed by atoms with Crippen molar-refractivity contribution in [2.75, 3.05) is 0 Å². The molecule has 0 fully saturated rings. The Morgan fingerprint density at radius 2 is 0.739 bits per heavy atom. The maximum absolute atomic E-state index is 5.69. The van der Waals surface area contributed by atoms with Gasteiger partial charge in [-0.1, -0.05) is 69.6 Å². The van der Waals surface area contributed by atoms with Gasteiger partial charge in [0.25, 0.3) is 0 Å². The first-order valence-corrected chi connectivity index (χ1v) is 9.01. The van der Waals surface area contributed by atoms with E-state index in [4.69, 9.17) is 120 Å². The molecule has 126 valence electrons. The van der Waals surface area contributed by atoms with E-state index in [0.717, 1.165) is 0 Å². The maximum atomic E-state index is 5.69. The van der Waals surface area contributed by atoms with Gasteiger partial charge in [0.15, 0.2) is 0 Å². The van der Waals surface area contributed by atoms with Gasteiger partial charge < -0.3 is 50.5 Å². The first-order valence-electron chi connectivity index (χ1n) is 5.11. The molecular weight excluding hydrogens is 544 g/mol. The van der Waals surface area contributed by atoms with E-state index < -0.39 is 0 Å². The predicted molar refractivity (Wildman–Crippen MR) is 105 cm³/mol. The van der Waals surface area contributed by atoms with Gasteiger partial charge in [-0.3, -0.25) is 0 Å². The average molecular weight is 546 g/mol. The van der Waals surface area contributed by atoms with Crippen LogP contribution in [0.5, 0.6) is 0 Å². The van der Waals surface area contributed by atoms with E-state index in [1.165, 1.54) is 12.1 Å². The molecule has 0 saturated heterocycles. The number of benzene rings is 2. The van der Waals surface area contributed by atoms with Crippen LogP contribution in [0.1, 0.15) is 0 Å². The monoisotopic (exact) mass is 542 g/mol. The molecule has 0 amide bonds. The van der Waals surface area contributed by atoms with Crippen LogP contribution in [0.25, 0.3) is 0 Å². The number of hydrogen-bond donors (Lipinski definition) is 0. The van der Waals surface area contributed by atoms with Gasteiger partial charge in [-0.25, -0.2) is 0 Å². The van der Waals surface area contributed by atoms with Crippen molar-refractivity contribution in [1.82, 2.24) is 0 Å². The van der Waals surface area contributed by atoms with Crippen molar-refractivity contribution >= 4 is 120 Å². The summed E-state index contributed by atoms with van der Waals surface area (Å²) in [4.78, 5) is 1.46. The van der Waals surface area contributed by atoms with Crippen molar-refractivity contribution in [1.29, 1.82) is 0 Å². The van der Waals surface area contributed by atoms with Gasteiger partial charge in [-0.05, 0) is 12.1 Å². The molecule has 0 spiro atoms. The summed E-state index contributed by atoms with van der Waals surface area (Å²) in [5.74, 6) is 0. The quantitative estimate of drug-likeness (QED) is 0.200. The molecule has 0 heterocycles. The van der Waals surface area contributed by atoms with Gasteiger partial charge in [-0.15, -0.1) is 0 Å². The molecule has 0 unspecified atom stereocenters. The smallest absolute Gasteiger partial charge is 0.780 e. The summed E-state index contributed by atoms with van der Waals surface area (Å²) in [6.07, 6.45) is 0. The fraction of sp³-hybridized carbons (Fsp3) is 0. The zero-order valence-electron chi connectivity index (χ0n) is 10.4. The Morgan fingerprint density at radius 1 is 0.478 bits per heavy atom. The molecule has 2 rings (SSSR count). The minimum atomic E-state index is 0. The Labute approximate surface area is 196 Å². The van der Waals surface area contributed by atoms with E-state index in [1.807, 2.05) is 0 Å². The van der Waals surface area contributed by atoms with Crippen LogP contribution in [-0.2, 0) is 67.0 Å². The summed E-state index contributed by atoms with van der Waals surface area (Å²) in [6, 6.07) is 2.98. The molecule has 0 aliphatic rings. The standard InChI is InChI=1S/2C6H3Cl3S2.Ni/c2*7-2-1-3(8)5(10)6(11)4(2)9;/h2*1,10-11H;/q;;+4/p-4. The first-order chi connectivity index (χ1) is 10.1. The fourth-order valence-corrected chi connectivity index (χ4v) is 3.44. The number of halogens is 6. The Bertz CT molecular complexity index is 612. The predicted octanol–water partition coefficient (Wildman–Crippen LogP) is 6.91. The van der Waals surface area contributed by atoms with Crippen LogP contribution in [0.2, 0.25) is 30.1 Å². The number of hydrogen-bond acceptors (Lipinski definition) is 4.